The fraction of sp³-hybridized carbons (Fsp3) is 0.333. The third kappa shape index (κ3) is 4.39. The van der Waals surface area contributed by atoms with Crippen molar-refractivity contribution in [2.75, 3.05) is 13.1 Å². The molecule has 8 heteroatoms. The van der Waals surface area contributed by atoms with Gasteiger partial charge in [0.25, 0.3) is 0 Å². The molecule has 2 saturated heterocycles. The fourth-order valence-corrected chi connectivity index (χ4v) is 4.48. The lowest BCUT2D eigenvalue weighted by atomic mass is 9.97. The van der Waals surface area contributed by atoms with Crippen LogP contribution < -0.4 is 0 Å². The first kappa shape index (κ1) is 21.7. The second-order valence-corrected chi connectivity index (χ2v) is 8.32. The van der Waals surface area contributed by atoms with E-state index in [9.17, 15) is 18.8 Å². The van der Waals surface area contributed by atoms with E-state index < -0.39 is 17.8 Å². The Morgan fingerprint density at radius 3 is 2.56 bits per heavy atom. The van der Waals surface area contributed by atoms with Crippen LogP contribution in [0.15, 0.2) is 42.5 Å². The molecule has 2 heterocycles. The van der Waals surface area contributed by atoms with Gasteiger partial charge in [-0.3, -0.25) is 19.4 Å². The van der Waals surface area contributed by atoms with Crippen LogP contribution in [-0.2, 0) is 22.6 Å². The van der Waals surface area contributed by atoms with Crippen LogP contribution in [0.25, 0.3) is 0 Å². The maximum Gasteiger partial charge on any atom is 0.335 e. The molecule has 32 heavy (non-hydrogen) atoms. The smallest absolute Gasteiger partial charge is 0.335 e. The summed E-state index contributed by atoms with van der Waals surface area (Å²) in [6.07, 6.45) is 1.67. The number of carbonyl (C=O) groups excluding carboxylic acids is 2. The summed E-state index contributed by atoms with van der Waals surface area (Å²) in [5, 5.41) is 18.0. The van der Waals surface area contributed by atoms with E-state index in [0.717, 1.165) is 12.0 Å². The molecule has 0 bridgehead atoms. The molecule has 2 aromatic rings. The summed E-state index contributed by atoms with van der Waals surface area (Å²) >= 11 is 0. The van der Waals surface area contributed by atoms with E-state index in [1.54, 1.807) is 24.3 Å². The molecule has 2 aromatic carbocycles. The monoisotopic (exact) mass is 435 g/mol. The van der Waals surface area contributed by atoms with Crippen LogP contribution in [0.1, 0.15) is 39.9 Å². The van der Waals surface area contributed by atoms with Crippen LogP contribution in [0.4, 0.5) is 4.39 Å². The zero-order chi connectivity index (χ0) is 22.8. The molecule has 1 N–H and O–H groups in total. The van der Waals surface area contributed by atoms with Crippen LogP contribution in [0, 0.1) is 23.1 Å². The average molecular weight is 435 g/mol. The summed E-state index contributed by atoms with van der Waals surface area (Å²) in [6, 6.07) is 12.1. The number of imide groups is 1. The quantitative estimate of drug-likeness (QED) is 0.700. The molecule has 0 saturated carbocycles. The average Bonchev–Trinajstić information content (AvgIpc) is 3.35. The number of carboxylic acid groups (broad SMARTS) is 1. The van der Waals surface area contributed by atoms with E-state index in [4.69, 9.17) is 10.4 Å². The second kappa shape index (κ2) is 8.89. The molecular weight excluding hydrogens is 413 g/mol. The van der Waals surface area contributed by atoms with Crippen molar-refractivity contribution < 1.29 is 23.9 Å². The topological polar surface area (TPSA) is 102 Å². The summed E-state index contributed by atoms with van der Waals surface area (Å²) in [5.74, 6) is -1.77. The Morgan fingerprint density at radius 2 is 1.88 bits per heavy atom. The van der Waals surface area contributed by atoms with Crippen molar-refractivity contribution in [2.24, 2.45) is 5.92 Å². The van der Waals surface area contributed by atoms with Crippen LogP contribution in [0.5, 0.6) is 0 Å². The van der Waals surface area contributed by atoms with Crippen molar-refractivity contribution in [2.45, 2.75) is 31.8 Å². The maximum atomic E-state index is 13.5. The molecule has 2 unspecified atom stereocenters. The van der Waals surface area contributed by atoms with E-state index >= 15 is 0 Å². The van der Waals surface area contributed by atoms with Crippen LogP contribution in [-0.4, -0.2) is 51.8 Å². The molecule has 4 rings (SSSR count). The highest BCUT2D eigenvalue weighted by atomic mass is 19.1. The molecule has 2 atom stereocenters. The normalized spacial score (nSPS) is 21.2. The Balaban J connectivity index is 1.37. The number of hydrogen-bond donors (Lipinski definition) is 1. The van der Waals surface area contributed by atoms with Crippen LogP contribution >= 0.6 is 0 Å². The first-order valence-corrected chi connectivity index (χ1v) is 10.4. The first-order valence-electron chi connectivity index (χ1n) is 10.4. The van der Waals surface area contributed by atoms with E-state index in [2.05, 4.69) is 0 Å². The van der Waals surface area contributed by atoms with Gasteiger partial charge in [-0.05, 0) is 60.7 Å². The minimum Gasteiger partial charge on any atom is -0.478 e. The number of nitriles is 1. The molecule has 0 spiro atoms. The number of carboxylic acids is 1. The third-order valence-electron chi connectivity index (χ3n) is 6.20. The number of nitrogens with zero attached hydrogens (tertiary/aromatic N) is 3. The molecular formula is C24H22FN3O4. The lowest BCUT2D eigenvalue weighted by Crippen LogP contribution is -2.40. The van der Waals surface area contributed by atoms with Gasteiger partial charge in [0.1, 0.15) is 11.9 Å². The van der Waals surface area contributed by atoms with Crippen molar-refractivity contribution in [3.8, 4) is 6.07 Å². The van der Waals surface area contributed by atoms with Gasteiger partial charge >= 0.3 is 5.97 Å². The summed E-state index contributed by atoms with van der Waals surface area (Å²) in [6.45, 7) is 1.48. The lowest BCUT2D eigenvalue weighted by Gasteiger charge is -2.22. The number of amides is 2. The van der Waals surface area contributed by atoms with Crippen molar-refractivity contribution in [3.63, 3.8) is 0 Å². The minimum absolute atomic E-state index is 0.0287. The van der Waals surface area contributed by atoms with E-state index in [0.29, 0.717) is 25.1 Å². The summed E-state index contributed by atoms with van der Waals surface area (Å²) in [5.41, 5.74) is 1.76. The molecule has 0 aliphatic carbocycles. The van der Waals surface area contributed by atoms with Gasteiger partial charge in [0, 0.05) is 6.54 Å². The second-order valence-electron chi connectivity index (χ2n) is 8.32. The number of benzene rings is 2. The number of likely N-dealkylation sites (tertiary alicyclic amines) is 2. The van der Waals surface area contributed by atoms with Crippen molar-refractivity contribution in [1.82, 2.24) is 9.80 Å². The highest BCUT2D eigenvalue weighted by Crippen LogP contribution is 2.28. The summed E-state index contributed by atoms with van der Waals surface area (Å²) < 4.78 is 13.5. The van der Waals surface area contributed by atoms with E-state index in [1.165, 1.54) is 23.1 Å². The molecule has 0 radical (unpaired) electrons. The number of halogens is 1. The number of aromatic carboxylic acids is 1. The Bertz CT molecular complexity index is 1110. The van der Waals surface area contributed by atoms with Crippen molar-refractivity contribution in [1.29, 1.82) is 5.26 Å². The van der Waals surface area contributed by atoms with Gasteiger partial charge in [-0.1, -0.05) is 18.2 Å². The SMILES string of the molecule is N#Cc1cc(CC2CCN(C3CC(=O)N(Cc4ccc(C(=O)O)cc4)C3=O)C2)ccc1F. The first-order chi connectivity index (χ1) is 15.4. The zero-order valence-electron chi connectivity index (χ0n) is 17.3. The molecule has 0 aromatic heterocycles. The third-order valence-corrected chi connectivity index (χ3v) is 6.20. The highest BCUT2D eigenvalue weighted by molar-refractivity contribution is 6.05. The minimum atomic E-state index is -1.03. The highest BCUT2D eigenvalue weighted by Gasteiger charge is 2.43. The molecule has 164 valence electrons. The zero-order valence-corrected chi connectivity index (χ0v) is 17.3. The van der Waals surface area contributed by atoms with E-state index in [1.807, 2.05) is 11.0 Å². The molecule has 2 aliphatic heterocycles. The van der Waals surface area contributed by atoms with Crippen molar-refractivity contribution >= 4 is 17.8 Å². The van der Waals surface area contributed by atoms with Gasteiger partial charge in [-0.2, -0.15) is 5.26 Å². The molecule has 2 aliphatic rings. The molecule has 2 amide bonds. The van der Waals surface area contributed by atoms with Gasteiger partial charge < -0.3 is 5.11 Å². The van der Waals surface area contributed by atoms with Gasteiger partial charge in [-0.25, -0.2) is 9.18 Å². The largest absolute Gasteiger partial charge is 0.478 e. The van der Waals surface area contributed by atoms with E-state index in [-0.39, 0.29) is 41.8 Å². The standard InChI is InChI=1S/C24H22FN3O4/c25-20-6-3-16(10-19(20)12-26)9-17-7-8-27(13-17)21-11-22(29)28(23(21)30)14-15-1-4-18(5-2-15)24(31)32/h1-6,10,17,21H,7-9,11,13-14H2,(H,31,32). The summed E-state index contributed by atoms with van der Waals surface area (Å²) in [7, 11) is 0. The predicted molar refractivity (Wildman–Crippen MR) is 112 cm³/mol. The van der Waals surface area contributed by atoms with Crippen molar-refractivity contribution in [3.05, 3.63) is 70.5 Å². The van der Waals surface area contributed by atoms with Crippen LogP contribution in [0.2, 0.25) is 0 Å². The summed E-state index contributed by atoms with van der Waals surface area (Å²) in [4.78, 5) is 39.7. The fourth-order valence-electron chi connectivity index (χ4n) is 4.48. The predicted octanol–water partition coefficient (Wildman–Crippen LogP) is 2.59. The van der Waals surface area contributed by atoms with Gasteiger partial charge in [0.2, 0.25) is 11.8 Å². The Labute approximate surface area is 184 Å². The Kier molecular flexibility index (Phi) is 6.01. The lowest BCUT2D eigenvalue weighted by molar-refractivity contribution is -0.140. The Hall–Kier alpha value is -3.57. The number of carbonyl (C=O) groups is 3. The maximum absolute atomic E-state index is 13.5. The van der Waals surface area contributed by atoms with Gasteiger partial charge in [0.15, 0.2) is 0 Å². The number of rotatable bonds is 6. The molecule has 2 fully saturated rings. The molecule has 7 nitrogen and oxygen atoms in total. The Morgan fingerprint density at radius 1 is 1.16 bits per heavy atom. The van der Waals surface area contributed by atoms with Gasteiger partial charge in [-0.15, -0.1) is 0 Å². The number of hydrogen-bond acceptors (Lipinski definition) is 5. The van der Waals surface area contributed by atoms with Gasteiger partial charge in [0.05, 0.1) is 30.1 Å². The van der Waals surface area contributed by atoms with Crippen LogP contribution in [0.3, 0.4) is 0 Å².